The maximum absolute atomic E-state index is 11.6. The van der Waals surface area contributed by atoms with Crippen molar-refractivity contribution in [3.05, 3.63) is 34.1 Å². The summed E-state index contributed by atoms with van der Waals surface area (Å²) in [7, 11) is 0. The molecule has 0 radical (unpaired) electrons. The molecule has 0 aliphatic carbocycles. The van der Waals surface area contributed by atoms with Gasteiger partial charge in [0.15, 0.2) is 0 Å². The van der Waals surface area contributed by atoms with Crippen LogP contribution in [0.2, 0.25) is 0 Å². The minimum atomic E-state index is -0.569. The first-order valence-corrected chi connectivity index (χ1v) is 7.09. The highest BCUT2D eigenvalue weighted by Gasteiger charge is 2.23. The summed E-state index contributed by atoms with van der Waals surface area (Å²) in [4.78, 5) is 15.9. The lowest BCUT2D eigenvalue weighted by molar-refractivity contribution is -0.145. The number of ether oxygens (including phenoxy) is 1. The molecular weight excluding hydrogens is 324 g/mol. The molecule has 5 nitrogen and oxygen atoms in total. The standard InChI is InChI=1S/C14H15BrN2O3/c1-4-19-14(18)9(3)13-16-12(17-20-13)10-6-5-8(2)7-11(10)15/h5-7,9H,4H2,1-3H3. The molecule has 2 rings (SSSR count). The summed E-state index contributed by atoms with van der Waals surface area (Å²) in [5.41, 5.74) is 1.95. The summed E-state index contributed by atoms with van der Waals surface area (Å²) in [6, 6.07) is 5.84. The monoisotopic (exact) mass is 338 g/mol. The Labute approximate surface area is 125 Å². The van der Waals surface area contributed by atoms with E-state index in [4.69, 9.17) is 9.26 Å². The third-order valence-corrected chi connectivity index (χ3v) is 3.47. The Kier molecular flexibility index (Phi) is 4.54. The van der Waals surface area contributed by atoms with Gasteiger partial charge in [-0.1, -0.05) is 27.2 Å². The van der Waals surface area contributed by atoms with E-state index < -0.39 is 5.92 Å². The summed E-state index contributed by atoms with van der Waals surface area (Å²) < 4.78 is 11.0. The number of carbonyl (C=O) groups excluding carboxylic acids is 1. The molecule has 0 spiro atoms. The topological polar surface area (TPSA) is 65.2 Å². The molecule has 0 aliphatic heterocycles. The number of hydrogen-bond acceptors (Lipinski definition) is 5. The molecule has 0 bridgehead atoms. The van der Waals surface area contributed by atoms with Crippen LogP contribution in [0.3, 0.4) is 0 Å². The zero-order chi connectivity index (χ0) is 14.7. The van der Waals surface area contributed by atoms with Gasteiger partial charge in [0, 0.05) is 10.0 Å². The van der Waals surface area contributed by atoms with Crippen molar-refractivity contribution in [1.82, 2.24) is 10.1 Å². The molecule has 1 unspecified atom stereocenters. The Morgan fingerprint density at radius 3 is 2.90 bits per heavy atom. The molecule has 1 aromatic heterocycles. The molecule has 1 atom stereocenters. The first-order chi connectivity index (χ1) is 9.52. The van der Waals surface area contributed by atoms with Crippen molar-refractivity contribution in [3.63, 3.8) is 0 Å². The molecule has 0 saturated heterocycles. The molecule has 0 aliphatic rings. The number of benzene rings is 1. The van der Waals surface area contributed by atoms with Gasteiger partial charge in [0.05, 0.1) is 6.61 Å². The normalized spacial score (nSPS) is 12.2. The van der Waals surface area contributed by atoms with Gasteiger partial charge in [0.25, 0.3) is 0 Å². The molecule has 1 heterocycles. The fraction of sp³-hybridized carbons (Fsp3) is 0.357. The van der Waals surface area contributed by atoms with Gasteiger partial charge in [0.1, 0.15) is 5.92 Å². The number of halogens is 1. The number of esters is 1. The maximum atomic E-state index is 11.6. The Hall–Kier alpha value is -1.69. The number of hydrogen-bond donors (Lipinski definition) is 0. The fourth-order valence-corrected chi connectivity index (χ4v) is 2.36. The Balaban J connectivity index is 2.26. The first kappa shape index (κ1) is 14.7. The lowest BCUT2D eigenvalue weighted by atomic mass is 10.1. The molecule has 20 heavy (non-hydrogen) atoms. The molecular formula is C14H15BrN2O3. The molecule has 6 heteroatoms. The van der Waals surface area contributed by atoms with Gasteiger partial charge in [-0.05, 0) is 38.5 Å². The van der Waals surface area contributed by atoms with Gasteiger partial charge < -0.3 is 9.26 Å². The number of carbonyl (C=O) groups is 1. The smallest absolute Gasteiger partial charge is 0.318 e. The lowest BCUT2D eigenvalue weighted by Crippen LogP contribution is -2.13. The molecule has 0 N–H and O–H groups in total. The van der Waals surface area contributed by atoms with Gasteiger partial charge in [-0.15, -0.1) is 0 Å². The largest absolute Gasteiger partial charge is 0.465 e. The van der Waals surface area contributed by atoms with Crippen LogP contribution in [0.5, 0.6) is 0 Å². The predicted molar refractivity (Wildman–Crippen MR) is 77.2 cm³/mol. The molecule has 0 amide bonds. The average molecular weight is 339 g/mol. The van der Waals surface area contributed by atoms with E-state index in [0.717, 1.165) is 15.6 Å². The third kappa shape index (κ3) is 3.07. The highest BCUT2D eigenvalue weighted by atomic mass is 79.9. The second-order valence-electron chi connectivity index (χ2n) is 4.41. The quantitative estimate of drug-likeness (QED) is 0.798. The van der Waals surface area contributed by atoms with Crippen LogP contribution in [0, 0.1) is 6.92 Å². The third-order valence-electron chi connectivity index (χ3n) is 2.82. The predicted octanol–water partition coefficient (Wildman–Crippen LogP) is 3.47. The SMILES string of the molecule is CCOC(=O)C(C)c1nc(-c2ccc(C)cc2Br)no1. The van der Waals surface area contributed by atoms with Crippen LogP contribution in [0.25, 0.3) is 11.4 Å². The number of aromatic nitrogens is 2. The van der Waals surface area contributed by atoms with Crippen molar-refractivity contribution >= 4 is 21.9 Å². The minimum Gasteiger partial charge on any atom is -0.465 e. The lowest BCUT2D eigenvalue weighted by Gasteiger charge is -2.04. The molecule has 1 aromatic carbocycles. The average Bonchev–Trinajstić information content (AvgIpc) is 2.87. The van der Waals surface area contributed by atoms with E-state index in [-0.39, 0.29) is 11.9 Å². The Bertz CT molecular complexity index is 625. The highest BCUT2D eigenvalue weighted by Crippen LogP contribution is 2.28. The number of nitrogens with zero attached hydrogens (tertiary/aromatic N) is 2. The van der Waals surface area contributed by atoms with Crippen molar-refractivity contribution in [2.45, 2.75) is 26.7 Å². The van der Waals surface area contributed by atoms with Crippen LogP contribution in [0.15, 0.2) is 27.2 Å². The van der Waals surface area contributed by atoms with Crippen molar-refractivity contribution in [2.24, 2.45) is 0 Å². The van der Waals surface area contributed by atoms with Gasteiger partial charge in [-0.2, -0.15) is 4.98 Å². The van der Waals surface area contributed by atoms with Crippen LogP contribution in [0.4, 0.5) is 0 Å². The van der Waals surface area contributed by atoms with E-state index >= 15 is 0 Å². The van der Waals surface area contributed by atoms with Gasteiger partial charge in [-0.3, -0.25) is 4.79 Å². The highest BCUT2D eigenvalue weighted by molar-refractivity contribution is 9.10. The Morgan fingerprint density at radius 1 is 1.50 bits per heavy atom. The Morgan fingerprint density at radius 2 is 2.25 bits per heavy atom. The zero-order valence-corrected chi connectivity index (χ0v) is 13.1. The van der Waals surface area contributed by atoms with E-state index in [1.54, 1.807) is 13.8 Å². The number of aryl methyl sites for hydroxylation is 1. The van der Waals surface area contributed by atoms with E-state index in [9.17, 15) is 4.79 Å². The van der Waals surface area contributed by atoms with Gasteiger partial charge in [-0.25, -0.2) is 0 Å². The van der Waals surface area contributed by atoms with E-state index in [1.165, 1.54) is 0 Å². The van der Waals surface area contributed by atoms with Gasteiger partial charge >= 0.3 is 5.97 Å². The minimum absolute atomic E-state index is 0.255. The van der Waals surface area contributed by atoms with Crippen molar-refractivity contribution in [1.29, 1.82) is 0 Å². The summed E-state index contributed by atoms with van der Waals surface area (Å²) in [5, 5.41) is 3.92. The first-order valence-electron chi connectivity index (χ1n) is 6.29. The molecule has 2 aromatic rings. The van der Waals surface area contributed by atoms with Crippen molar-refractivity contribution < 1.29 is 14.1 Å². The zero-order valence-electron chi connectivity index (χ0n) is 11.5. The summed E-state index contributed by atoms with van der Waals surface area (Å²) >= 11 is 3.47. The van der Waals surface area contributed by atoms with Crippen LogP contribution < -0.4 is 0 Å². The van der Waals surface area contributed by atoms with E-state index in [2.05, 4.69) is 26.1 Å². The second-order valence-corrected chi connectivity index (χ2v) is 5.27. The maximum Gasteiger partial charge on any atom is 0.318 e. The van der Waals surface area contributed by atoms with Gasteiger partial charge in [0.2, 0.25) is 11.7 Å². The fourth-order valence-electron chi connectivity index (χ4n) is 1.69. The van der Waals surface area contributed by atoms with E-state index in [1.807, 2.05) is 25.1 Å². The van der Waals surface area contributed by atoms with Crippen LogP contribution in [-0.4, -0.2) is 22.7 Å². The summed E-state index contributed by atoms with van der Waals surface area (Å²) in [6.45, 7) is 5.76. The summed E-state index contributed by atoms with van der Waals surface area (Å²) in [5.74, 6) is -0.236. The summed E-state index contributed by atoms with van der Waals surface area (Å²) in [6.07, 6.45) is 0. The van der Waals surface area contributed by atoms with Crippen LogP contribution >= 0.6 is 15.9 Å². The van der Waals surface area contributed by atoms with Crippen LogP contribution in [0.1, 0.15) is 31.2 Å². The molecule has 0 saturated carbocycles. The molecule has 0 fully saturated rings. The van der Waals surface area contributed by atoms with Crippen molar-refractivity contribution in [2.75, 3.05) is 6.61 Å². The number of rotatable bonds is 4. The second kappa shape index (κ2) is 6.17. The molecule has 106 valence electrons. The van der Waals surface area contributed by atoms with E-state index in [0.29, 0.717) is 12.4 Å². The van der Waals surface area contributed by atoms with Crippen LogP contribution in [-0.2, 0) is 9.53 Å². The van der Waals surface area contributed by atoms with Crippen molar-refractivity contribution in [3.8, 4) is 11.4 Å².